The van der Waals surface area contributed by atoms with Crippen LogP contribution in [0.25, 0.3) is 0 Å². The van der Waals surface area contributed by atoms with Crippen LogP contribution < -0.4 is 4.73 Å². The minimum Gasteiger partial charge on any atom is -0.284 e. The number of hydrogen-bond acceptors (Lipinski definition) is 1. The van der Waals surface area contributed by atoms with Crippen LogP contribution in [-0.2, 0) is 0 Å². The lowest BCUT2D eigenvalue weighted by Gasteiger charge is -2.02. The van der Waals surface area contributed by atoms with E-state index >= 15 is 0 Å². The first kappa shape index (κ1) is 11.9. The van der Waals surface area contributed by atoms with E-state index in [2.05, 4.69) is 63.7 Å². The Morgan fingerprint density at radius 1 is 1.00 bits per heavy atom. The van der Waals surface area contributed by atoms with Gasteiger partial charge in [-0.3, -0.25) is 5.21 Å². The van der Waals surface area contributed by atoms with Gasteiger partial charge in [0, 0.05) is 16.9 Å². The maximum absolute atomic E-state index is 9.73. The summed E-state index contributed by atoms with van der Waals surface area (Å²) in [6, 6.07) is 5.52. The molecule has 0 aliphatic heterocycles. The molecule has 1 aromatic rings. The van der Waals surface area contributed by atoms with Crippen molar-refractivity contribution in [1.82, 2.24) is 0 Å². The Kier molecular flexibility index (Phi) is 4.68. The van der Waals surface area contributed by atoms with Gasteiger partial charge in [0.1, 0.15) is 0 Å². The first-order valence-electron chi connectivity index (χ1n) is 3.34. The second-order valence-electron chi connectivity index (χ2n) is 2.29. The molecule has 1 N–H and O–H groups in total. The third-order valence-electron chi connectivity index (χ3n) is 1.47. The molecule has 1 heterocycles. The average molecular weight is 440 g/mol. The van der Waals surface area contributed by atoms with E-state index in [-0.39, 0.29) is 7.47 Å². The standard InChI is InChI=1S/C7H6Br4NO/c8-6(9)4-2-1-3-5(7(10)11)12(4)13/h1-3,6-7,13H/q+1. The molecule has 13 heavy (non-hydrogen) atoms. The van der Waals surface area contributed by atoms with E-state index in [9.17, 15) is 5.21 Å². The molecule has 0 spiro atoms. The van der Waals surface area contributed by atoms with E-state index in [1.54, 1.807) is 0 Å². The highest BCUT2D eigenvalue weighted by atomic mass is 79.9. The molecule has 0 saturated carbocycles. The molecule has 0 aliphatic carbocycles. The number of hydrogen-bond donors (Lipinski definition) is 1. The van der Waals surface area contributed by atoms with Gasteiger partial charge in [-0.1, -0.05) is 63.7 Å². The molecular weight excluding hydrogens is 434 g/mol. The summed E-state index contributed by atoms with van der Waals surface area (Å²) in [5.74, 6) is 0. The highest BCUT2D eigenvalue weighted by Gasteiger charge is 2.24. The van der Waals surface area contributed by atoms with E-state index in [1.165, 1.54) is 0 Å². The summed E-state index contributed by atoms with van der Waals surface area (Å²) in [5.41, 5.74) is 1.47. The van der Waals surface area contributed by atoms with Crippen molar-refractivity contribution < 1.29 is 9.94 Å². The smallest absolute Gasteiger partial charge is 0.258 e. The SMILES string of the molecule is O[n+]1c(C(Br)Br)cccc1C(Br)Br. The van der Waals surface area contributed by atoms with Gasteiger partial charge in [0.05, 0.1) is 0 Å². The third-order valence-corrected chi connectivity index (χ3v) is 3.35. The van der Waals surface area contributed by atoms with Gasteiger partial charge >= 0.3 is 0 Å². The monoisotopic (exact) mass is 436 g/mol. The Labute approximate surface area is 110 Å². The van der Waals surface area contributed by atoms with Crippen LogP contribution in [0.3, 0.4) is 0 Å². The van der Waals surface area contributed by atoms with Crippen molar-refractivity contribution in [1.29, 1.82) is 0 Å². The first-order chi connectivity index (χ1) is 6.04. The van der Waals surface area contributed by atoms with Crippen molar-refractivity contribution in [3.05, 3.63) is 29.6 Å². The van der Waals surface area contributed by atoms with Crippen LogP contribution in [-0.4, -0.2) is 5.21 Å². The van der Waals surface area contributed by atoms with Gasteiger partial charge in [-0.05, 0) is 6.07 Å². The minimum absolute atomic E-state index is 0.0660. The van der Waals surface area contributed by atoms with Gasteiger partial charge in [-0.25, -0.2) is 0 Å². The summed E-state index contributed by atoms with van der Waals surface area (Å²) >= 11 is 13.3. The summed E-state index contributed by atoms with van der Waals surface area (Å²) in [4.78, 5) is 0. The first-order valence-corrected chi connectivity index (χ1v) is 7.00. The van der Waals surface area contributed by atoms with Gasteiger partial charge in [-0.15, -0.1) is 0 Å². The molecule has 0 bridgehead atoms. The molecule has 0 aliphatic rings. The third kappa shape index (κ3) is 2.91. The fourth-order valence-electron chi connectivity index (χ4n) is 0.866. The summed E-state index contributed by atoms with van der Waals surface area (Å²) in [6.07, 6.45) is 0. The molecular formula is C7H6Br4NO+. The molecule has 0 saturated heterocycles. The van der Waals surface area contributed by atoms with Gasteiger partial charge in [0.15, 0.2) is 7.47 Å². The Hall–Kier alpha value is 0.870. The van der Waals surface area contributed by atoms with Crippen molar-refractivity contribution in [2.45, 2.75) is 7.47 Å². The molecule has 1 aromatic heterocycles. The summed E-state index contributed by atoms with van der Waals surface area (Å²) in [6.45, 7) is 0. The van der Waals surface area contributed by atoms with Crippen LogP contribution in [0, 0.1) is 0 Å². The van der Waals surface area contributed by atoms with Crippen LogP contribution in [0.15, 0.2) is 18.2 Å². The number of halogens is 4. The highest BCUT2D eigenvalue weighted by molar-refractivity contribution is 9.24. The number of aromatic nitrogens is 1. The normalized spacial score (nSPS) is 11.2. The zero-order chi connectivity index (χ0) is 10.0. The summed E-state index contributed by atoms with van der Waals surface area (Å²) < 4.78 is 0.995. The Balaban J connectivity index is 3.18. The van der Waals surface area contributed by atoms with Gasteiger partial charge < -0.3 is 0 Å². The van der Waals surface area contributed by atoms with Crippen LogP contribution in [0.1, 0.15) is 18.9 Å². The molecule has 2 nitrogen and oxygen atoms in total. The lowest BCUT2D eigenvalue weighted by molar-refractivity contribution is -0.913. The number of pyridine rings is 1. The predicted octanol–water partition coefficient (Wildman–Crippen LogP) is 3.79. The van der Waals surface area contributed by atoms with E-state index in [4.69, 9.17) is 0 Å². The molecule has 0 aromatic carbocycles. The maximum atomic E-state index is 9.73. The largest absolute Gasteiger partial charge is 0.284 e. The molecule has 6 heteroatoms. The molecule has 0 unspecified atom stereocenters. The van der Waals surface area contributed by atoms with E-state index < -0.39 is 0 Å². The zero-order valence-electron chi connectivity index (χ0n) is 6.29. The fourth-order valence-corrected chi connectivity index (χ4v) is 2.25. The van der Waals surface area contributed by atoms with Crippen LogP contribution in [0.4, 0.5) is 0 Å². The van der Waals surface area contributed by atoms with E-state index in [0.717, 1.165) is 16.1 Å². The number of nitrogens with zero attached hydrogens (tertiary/aromatic N) is 1. The van der Waals surface area contributed by atoms with Crippen molar-refractivity contribution in [3.63, 3.8) is 0 Å². The van der Waals surface area contributed by atoms with Crippen molar-refractivity contribution in [3.8, 4) is 0 Å². The molecule has 0 radical (unpaired) electrons. The molecule has 0 fully saturated rings. The van der Waals surface area contributed by atoms with Gasteiger partial charge in [0.2, 0.25) is 0 Å². The van der Waals surface area contributed by atoms with Crippen molar-refractivity contribution in [2.75, 3.05) is 0 Å². The maximum Gasteiger partial charge on any atom is 0.258 e. The van der Waals surface area contributed by atoms with Crippen molar-refractivity contribution >= 4 is 63.7 Å². The number of rotatable bonds is 2. The van der Waals surface area contributed by atoms with Crippen LogP contribution in [0.5, 0.6) is 0 Å². The Bertz CT molecular complexity index is 276. The zero-order valence-corrected chi connectivity index (χ0v) is 12.6. The lowest BCUT2D eigenvalue weighted by Crippen LogP contribution is -2.39. The topological polar surface area (TPSA) is 24.1 Å². The van der Waals surface area contributed by atoms with E-state index in [0.29, 0.717) is 0 Å². The predicted molar refractivity (Wildman–Crippen MR) is 65.0 cm³/mol. The van der Waals surface area contributed by atoms with E-state index in [1.807, 2.05) is 18.2 Å². The highest BCUT2D eigenvalue weighted by Crippen LogP contribution is 2.30. The second kappa shape index (κ2) is 5.09. The Morgan fingerprint density at radius 2 is 1.38 bits per heavy atom. The molecule has 72 valence electrons. The van der Waals surface area contributed by atoms with Crippen LogP contribution >= 0.6 is 63.7 Å². The quantitative estimate of drug-likeness (QED) is 0.423. The molecule has 0 atom stereocenters. The molecule has 1 rings (SSSR count). The molecule has 0 amide bonds. The summed E-state index contributed by atoms with van der Waals surface area (Å²) in [5, 5.41) is 9.73. The van der Waals surface area contributed by atoms with Crippen LogP contribution in [0.2, 0.25) is 0 Å². The number of alkyl halides is 4. The Morgan fingerprint density at radius 3 is 1.69 bits per heavy atom. The minimum atomic E-state index is -0.0660. The van der Waals surface area contributed by atoms with Gasteiger partial charge in [0.25, 0.3) is 11.4 Å². The second-order valence-corrected chi connectivity index (χ2v) is 8.41. The van der Waals surface area contributed by atoms with Crippen molar-refractivity contribution in [2.24, 2.45) is 0 Å². The summed E-state index contributed by atoms with van der Waals surface area (Å²) in [7, 11) is 0. The fraction of sp³-hybridized carbons (Fsp3) is 0.286. The lowest BCUT2D eigenvalue weighted by atomic mass is 10.3. The van der Waals surface area contributed by atoms with Gasteiger partial charge in [-0.2, -0.15) is 0 Å². The average Bonchev–Trinajstić information content (AvgIpc) is 2.03.